The van der Waals surface area contributed by atoms with Crippen LogP contribution in [0.2, 0.25) is 0 Å². The Bertz CT molecular complexity index is 1280. The summed E-state index contributed by atoms with van der Waals surface area (Å²) in [7, 11) is -3.78. The Kier molecular flexibility index (Phi) is 6.43. The summed E-state index contributed by atoms with van der Waals surface area (Å²) in [5.74, 6) is -2.09. The summed E-state index contributed by atoms with van der Waals surface area (Å²) in [5.41, 5.74) is 1.31. The van der Waals surface area contributed by atoms with Crippen LogP contribution in [0.5, 0.6) is 0 Å². The van der Waals surface area contributed by atoms with Crippen LogP contribution in [0.3, 0.4) is 0 Å². The number of halogens is 1. The van der Waals surface area contributed by atoms with E-state index < -0.39 is 21.7 Å². The number of benzene rings is 2. The number of ether oxygens (including phenoxy) is 1. The molecule has 7 nitrogen and oxygen atoms in total. The number of rotatable bonds is 6. The molecule has 1 aliphatic rings. The molecule has 2 heterocycles. The van der Waals surface area contributed by atoms with E-state index in [0.717, 1.165) is 11.3 Å². The Hall–Kier alpha value is -2.97. The Morgan fingerprint density at radius 1 is 1.19 bits per heavy atom. The van der Waals surface area contributed by atoms with Crippen LogP contribution >= 0.6 is 11.3 Å². The van der Waals surface area contributed by atoms with Crippen LogP contribution in [0, 0.1) is 17.1 Å². The Morgan fingerprint density at radius 2 is 1.91 bits per heavy atom. The highest BCUT2D eigenvalue weighted by Crippen LogP contribution is 2.29. The molecule has 1 atom stereocenters. The summed E-state index contributed by atoms with van der Waals surface area (Å²) in [6.07, 6.45) is 0. The van der Waals surface area contributed by atoms with E-state index in [1.54, 1.807) is 17.5 Å². The van der Waals surface area contributed by atoms with Crippen LogP contribution in [0.4, 0.5) is 4.39 Å². The van der Waals surface area contributed by atoms with Crippen LogP contribution in [0.1, 0.15) is 21.3 Å². The molecule has 1 aromatic heterocycles. The highest BCUT2D eigenvalue weighted by molar-refractivity contribution is 7.89. The lowest BCUT2D eigenvalue weighted by Gasteiger charge is -2.26. The van der Waals surface area contributed by atoms with Gasteiger partial charge in [0.15, 0.2) is 11.7 Å². The van der Waals surface area contributed by atoms with Crippen LogP contribution < -0.4 is 0 Å². The second-order valence-electron chi connectivity index (χ2n) is 7.05. The third kappa shape index (κ3) is 4.47. The van der Waals surface area contributed by atoms with Gasteiger partial charge in [-0.2, -0.15) is 9.57 Å². The number of Topliss-reactive ketones (excluding diaryl/α,β-unsaturated/α-hetero) is 1. The number of aromatic nitrogens is 1. The van der Waals surface area contributed by atoms with Gasteiger partial charge in [0.05, 0.1) is 29.9 Å². The lowest BCUT2D eigenvalue weighted by atomic mass is 9.99. The number of carbonyl (C=O) groups is 1. The Balaban J connectivity index is 1.60. The fourth-order valence-electron chi connectivity index (χ4n) is 3.31. The number of thiazole rings is 1. The molecule has 32 heavy (non-hydrogen) atoms. The molecule has 2 aromatic carbocycles. The minimum atomic E-state index is -3.78. The van der Waals surface area contributed by atoms with Crippen molar-refractivity contribution in [2.75, 3.05) is 26.3 Å². The number of hydrogen-bond donors (Lipinski definition) is 0. The molecule has 1 aliphatic heterocycles. The van der Waals surface area contributed by atoms with E-state index in [-0.39, 0.29) is 29.4 Å². The van der Waals surface area contributed by atoms with Gasteiger partial charge in [-0.3, -0.25) is 4.79 Å². The molecule has 1 fully saturated rings. The van der Waals surface area contributed by atoms with Crippen molar-refractivity contribution in [2.24, 2.45) is 0 Å². The van der Waals surface area contributed by atoms with E-state index in [1.165, 1.54) is 40.7 Å². The van der Waals surface area contributed by atoms with Crippen molar-refractivity contribution in [1.82, 2.24) is 9.29 Å². The molecular weight excluding hydrogens is 453 g/mol. The largest absolute Gasteiger partial charge is 0.379 e. The van der Waals surface area contributed by atoms with Crippen LogP contribution in [-0.4, -0.2) is 49.8 Å². The monoisotopic (exact) mass is 471 g/mol. The van der Waals surface area contributed by atoms with Crippen molar-refractivity contribution in [1.29, 1.82) is 5.26 Å². The minimum absolute atomic E-state index is 0.00641. The number of morpholine rings is 1. The van der Waals surface area contributed by atoms with E-state index in [4.69, 9.17) is 4.74 Å². The standard InChI is InChI=1S/C22H18FN3O4S2/c23-17-6-4-15(5-7-17)20-14-31-22(25-20)19(13-24)21(27)16-2-1-3-18(12-16)32(28,29)26-8-10-30-11-9-26/h1-7,12,14,19H,8-11H2/t19-/m0/s1. The lowest BCUT2D eigenvalue weighted by molar-refractivity contribution is 0.0730. The molecule has 0 unspecified atom stereocenters. The molecule has 0 N–H and O–H groups in total. The summed E-state index contributed by atoms with van der Waals surface area (Å²) in [6, 6.07) is 13.4. The summed E-state index contributed by atoms with van der Waals surface area (Å²) in [5, 5.41) is 11.7. The van der Waals surface area contributed by atoms with Crippen molar-refractivity contribution >= 4 is 27.1 Å². The summed E-state index contributed by atoms with van der Waals surface area (Å²) in [6.45, 7) is 1.11. The first kappa shape index (κ1) is 22.2. The maximum absolute atomic E-state index is 13.2. The number of nitriles is 1. The third-order valence-electron chi connectivity index (χ3n) is 5.03. The molecule has 164 valence electrons. The van der Waals surface area contributed by atoms with Crippen molar-refractivity contribution in [3.05, 3.63) is 70.3 Å². The van der Waals surface area contributed by atoms with E-state index in [0.29, 0.717) is 29.5 Å². The molecule has 0 radical (unpaired) electrons. The summed E-state index contributed by atoms with van der Waals surface area (Å²) < 4.78 is 45.5. The van der Waals surface area contributed by atoms with E-state index in [2.05, 4.69) is 4.98 Å². The second kappa shape index (κ2) is 9.26. The first-order chi connectivity index (χ1) is 15.4. The van der Waals surface area contributed by atoms with Crippen LogP contribution in [0.15, 0.2) is 58.8 Å². The number of nitrogens with zero attached hydrogens (tertiary/aromatic N) is 3. The first-order valence-corrected chi connectivity index (χ1v) is 12.1. The van der Waals surface area contributed by atoms with E-state index >= 15 is 0 Å². The quantitative estimate of drug-likeness (QED) is 0.511. The normalized spacial score (nSPS) is 15.8. The van der Waals surface area contributed by atoms with Gasteiger partial charge in [0.1, 0.15) is 10.8 Å². The van der Waals surface area contributed by atoms with Gasteiger partial charge in [0.25, 0.3) is 0 Å². The predicted octanol–water partition coefficient (Wildman–Crippen LogP) is 3.46. The molecule has 0 amide bonds. The number of sulfonamides is 1. The fourth-order valence-corrected chi connectivity index (χ4v) is 5.63. The second-order valence-corrected chi connectivity index (χ2v) is 9.88. The zero-order chi connectivity index (χ0) is 22.7. The molecule has 4 rings (SSSR count). The average Bonchev–Trinajstić information content (AvgIpc) is 3.30. The molecule has 0 bridgehead atoms. The van der Waals surface area contributed by atoms with Gasteiger partial charge in [-0.1, -0.05) is 12.1 Å². The SMILES string of the molecule is N#C[C@@H](C(=O)c1cccc(S(=O)(=O)N2CCOCC2)c1)c1nc(-c2ccc(F)cc2)cs1. The summed E-state index contributed by atoms with van der Waals surface area (Å²) in [4.78, 5) is 17.5. The van der Waals surface area contributed by atoms with Gasteiger partial charge in [0, 0.05) is 29.6 Å². The molecule has 1 saturated heterocycles. The molecule has 3 aromatic rings. The van der Waals surface area contributed by atoms with Crippen molar-refractivity contribution in [3.63, 3.8) is 0 Å². The Labute approximate surface area is 188 Å². The molecule has 10 heteroatoms. The van der Waals surface area contributed by atoms with Gasteiger partial charge in [0.2, 0.25) is 10.0 Å². The number of carbonyl (C=O) groups excluding carboxylic acids is 1. The highest BCUT2D eigenvalue weighted by Gasteiger charge is 2.29. The maximum atomic E-state index is 13.2. The van der Waals surface area contributed by atoms with Crippen molar-refractivity contribution < 1.29 is 22.3 Å². The Morgan fingerprint density at radius 3 is 2.59 bits per heavy atom. The van der Waals surface area contributed by atoms with Crippen molar-refractivity contribution in [2.45, 2.75) is 10.8 Å². The summed E-state index contributed by atoms with van der Waals surface area (Å²) >= 11 is 1.15. The van der Waals surface area contributed by atoms with Crippen molar-refractivity contribution in [3.8, 4) is 17.3 Å². The highest BCUT2D eigenvalue weighted by atomic mass is 32.2. The van der Waals surface area contributed by atoms with E-state index in [9.17, 15) is 22.9 Å². The van der Waals surface area contributed by atoms with Crippen LogP contribution in [0.25, 0.3) is 11.3 Å². The van der Waals surface area contributed by atoms with Crippen LogP contribution in [-0.2, 0) is 14.8 Å². The van der Waals surface area contributed by atoms with Gasteiger partial charge >= 0.3 is 0 Å². The minimum Gasteiger partial charge on any atom is -0.379 e. The van der Waals surface area contributed by atoms with Gasteiger partial charge < -0.3 is 4.74 Å². The third-order valence-corrected chi connectivity index (χ3v) is 7.83. The average molecular weight is 472 g/mol. The lowest BCUT2D eigenvalue weighted by Crippen LogP contribution is -2.40. The first-order valence-electron chi connectivity index (χ1n) is 9.73. The number of hydrogen-bond acceptors (Lipinski definition) is 7. The predicted molar refractivity (Wildman–Crippen MR) is 116 cm³/mol. The van der Waals surface area contributed by atoms with E-state index in [1.807, 2.05) is 6.07 Å². The maximum Gasteiger partial charge on any atom is 0.243 e. The van der Waals surface area contributed by atoms with Gasteiger partial charge in [-0.25, -0.2) is 17.8 Å². The molecule has 0 saturated carbocycles. The zero-order valence-corrected chi connectivity index (χ0v) is 18.4. The number of ketones is 1. The zero-order valence-electron chi connectivity index (χ0n) is 16.8. The fraction of sp³-hybridized carbons (Fsp3) is 0.227. The topological polar surface area (TPSA) is 100 Å². The van der Waals surface area contributed by atoms with Gasteiger partial charge in [-0.05, 0) is 36.4 Å². The molecule has 0 spiro atoms. The molecular formula is C22H18FN3O4S2. The molecule has 0 aliphatic carbocycles. The van der Waals surface area contributed by atoms with Gasteiger partial charge in [-0.15, -0.1) is 11.3 Å². The smallest absolute Gasteiger partial charge is 0.243 e.